The zero-order valence-electron chi connectivity index (χ0n) is 18.5. The Bertz CT molecular complexity index is 1240. The van der Waals surface area contributed by atoms with Gasteiger partial charge in [0, 0.05) is 23.4 Å². The van der Waals surface area contributed by atoms with Crippen molar-refractivity contribution in [1.82, 2.24) is 9.78 Å². The number of benzene rings is 2. The fraction of sp³-hybridized carbons (Fsp3) is 0.269. The van der Waals surface area contributed by atoms with E-state index in [9.17, 15) is 9.59 Å². The molecule has 1 atom stereocenters. The minimum atomic E-state index is -0.355. The molecule has 5 rings (SSSR count). The summed E-state index contributed by atoms with van der Waals surface area (Å²) >= 11 is 0. The Morgan fingerprint density at radius 2 is 1.81 bits per heavy atom. The Labute approximate surface area is 187 Å². The molecule has 0 bridgehead atoms. The number of hydrogen-bond donors (Lipinski definition) is 2. The van der Waals surface area contributed by atoms with Gasteiger partial charge >= 0.3 is 0 Å². The molecule has 2 N–H and O–H groups in total. The second-order valence-electron chi connectivity index (χ2n) is 9.44. The molecule has 32 heavy (non-hydrogen) atoms. The van der Waals surface area contributed by atoms with Gasteiger partial charge in [-0.15, -0.1) is 0 Å². The van der Waals surface area contributed by atoms with Crippen LogP contribution in [0.3, 0.4) is 0 Å². The van der Waals surface area contributed by atoms with Gasteiger partial charge in [0.05, 0.1) is 6.20 Å². The highest BCUT2D eigenvalue weighted by Crippen LogP contribution is 2.46. The van der Waals surface area contributed by atoms with Crippen molar-refractivity contribution in [2.24, 2.45) is 5.41 Å². The zero-order chi connectivity index (χ0) is 22.5. The van der Waals surface area contributed by atoms with Crippen LogP contribution in [0.25, 0.3) is 0 Å². The third-order valence-corrected chi connectivity index (χ3v) is 6.17. The van der Waals surface area contributed by atoms with Crippen molar-refractivity contribution in [3.63, 3.8) is 0 Å². The van der Waals surface area contributed by atoms with E-state index in [1.807, 2.05) is 61.5 Å². The van der Waals surface area contributed by atoms with E-state index in [2.05, 4.69) is 29.6 Å². The number of fused-ring (bicyclic) bond motifs is 1. The number of carbonyl (C=O) groups is 2. The molecular formula is C26H26N4O2. The average molecular weight is 427 g/mol. The van der Waals surface area contributed by atoms with Crippen LogP contribution < -0.4 is 10.6 Å². The maximum Gasteiger partial charge on any atom is 0.261 e. The number of allylic oxidation sites excluding steroid dienone is 2. The van der Waals surface area contributed by atoms with Crippen molar-refractivity contribution in [1.29, 1.82) is 0 Å². The summed E-state index contributed by atoms with van der Waals surface area (Å²) in [6.07, 6.45) is 2.81. The molecule has 3 aromatic rings. The molecule has 1 aliphatic carbocycles. The molecule has 1 aromatic heterocycles. The number of amides is 1. The number of nitrogens with zero attached hydrogens (tertiary/aromatic N) is 2. The van der Waals surface area contributed by atoms with Crippen molar-refractivity contribution >= 4 is 23.2 Å². The Kier molecular flexibility index (Phi) is 4.73. The summed E-state index contributed by atoms with van der Waals surface area (Å²) < 4.78 is 1.77. The Balaban J connectivity index is 1.58. The van der Waals surface area contributed by atoms with Crippen LogP contribution in [0.4, 0.5) is 11.5 Å². The molecular weight excluding hydrogens is 400 g/mol. The first-order valence-electron chi connectivity index (χ1n) is 10.9. The maximum atomic E-state index is 13.2. The monoisotopic (exact) mass is 426 g/mol. The molecule has 6 nitrogen and oxygen atoms in total. The van der Waals surface area contributed by atoms with Crippen molar-refractivity contribution in [2.45, 2.75) is 39.7 Å². The Hall–Kier alpha value is -3.67. The van der Waals surface area contributed by atoms with E-state index in [0.717, 1.165) is 34.5 Å². The third-order valence-electron chi connectivity index (χ3n) is 6.17. The van der Waals surface area contributed by atoms with Crippen LogP contribution in [0.1, 0.15) is 54.2 Å². The summed E-state index contributed by atoms with van der Waals surface area (Å²) in [5, 5.41) is 10.9. The molecule has 0 unspecified atom stereocenters. The number of rotatable bonds is 3. The van der Waals surface area contributed by atoms with Crippen molar-refractivity contribution in [2.75, 3.05) is 10.6 Å². The lowest BCUT2D eigenvalue weighted by atomic mass is 9.73. The minimum Gasteiger partial charge on any atom is -0.343 e. The van der Waals surface area contributed by atoms with Gasteiger partial charge in [0.1, 0.15) is 17.4 Å². The van der Waals surface area contributed by atoms with Crippen molar-refractivity contribution in [3.05, 3.63) is 88.8 Å². The summed E-state index contributed by atoms with van der Waals surface area (Å²) in [5.41, 5.74) is 4.77. The number of aryl methyl sites for hydroxylation is 1. The molecule has 0 spiro atoms. The standard InChI is InChI=1S/C26H26N4O2/c1-16-9-11-18(12-10-16)28-25(32)19-15-27-30-23(17-7-5-4-6-8-17)22-20(29-24(19)30)13-26(2,3)14-21(22)31/h4-12,15,23,29H,13-14H2,1-3H3,(H,28,32)/t23-/m1/s1. The van der Waals surface area contributed by atoms with E-state index in [-0.39, 0.29) is 23.1 Å². The van der Waals surface area contributed by atoms with E-state index >= 15 is 0 Å². The fourth-order valence-corrected chi connectivity index (χ4v) is 4.66. The van der Waals surface area contributed by atoms with E-state index in [1.165, 1.54) is 0 Å². The smallest absolute Gasteiger partial charge is 0.261 e. The van der Waals surface area contributed by atoms with Gasteiger partial charge in [-0.05, 0) is 36.5 Å². The summed E-state index contributed by atoms with van der Waals surface area (Å²) in [7, 11) is 0. The summed E-state index contributed by atoms with van der Waals surface area (Å²) in [4.78, 5) is 26.4. The average Bonchev–Trinajstić information content (AvgIpc) is 3.17. The molecule has 2 heterocycles. The minimum absolute atomic E-state index is 0.129. The number of aromatic nitrogens is 2. The van der Waals surface area contributed by atoms with E-state index in [0.29, 0.717) is 17.8 Å². The molecule has 0 radical (unpaired) electrons. The summed E-state index contributed by atoms with van der Waals surface area (Å²) in [6.45, 7) is 6.21. The predicted molar refractivity (Wildman–Crippen MR) is 125 cm³/mol. The van der Waals surface area contributed by atoms with E-state index < -0.39 is 0 Å². The van der Waals surface area contributed by atoms with Gasteiger partial charge in [-0.2, -0.15) is 5.10 Å². The first-order chi connectivity index (χ1) is 15.3. The molecule has 2 aliphatic rings. The number of Topliss-reactive ketones (excluding diaryl/α,β-unsaturated/α-hetero) is 1. The van der Waals surface area contributed by atoms with Crippen LogP contribution in [0.5, 0.6) is 0 Å². The number of hydrogen-bond acceptors (Lipinski definition) is 4. The van der Waals surface area contributed by atoms with Crippen molar-refractivity contribution < 1.29 is 9.59 Å². The van der Waals surface area contributed by atoms with Crippen LogP contribution in [0.2, 0.25) is 0 Å². The van der Waals surface area contributed by atoms with Crippen molar-refractivity contribution in [3.8, 4) is 0 Å². The molecule has 162 valence electrons. The van der Waals surface area contributed by atoms with Crippen LogP contribution in [0.15, 0.2) is 72.1 Å². The number of nitrogens with one attached hydrogen (secondary N) is 2. The molecule has 6 heteroatoms. The van der Waals surface area contributed by atoms with E-state index in [4.69, 9.17) is 0 Å². The van der Waals surface area contributed by atoms with E-state index in [1.54, 1.807) is 10.9 Å². The quantitative estimate of drug-likeness (QED) is 0.611. The number of ketones is 1. The lowest BCUT2D eigenvalue weighted by Crippen LogP contribution is -2.36. The maximum absolute atomic E-state index is 13.2. The molecule has 0 saturated heterocycles. The SMILES string of the molecule is Cc1ccc(NC(=O)c2cnn3c2NC2=C(C(=O)CC(C)(C)C2)[C@H]3c2ccccc2)cc1. The van der Waals surface area contributed by atoms with Gasteiger partial charge in [0.2, 0.25) is 0 Å². The highest BCUT2D eigenvalue weighted by Gasteiger charge is 2.42. The molecule has 1 aliphatic heterocycles. The van der Waals surface area contributed by atoms with Gasteiger partial charge in [-0.1, -0.05) is 61.9 Å². The first-order valence-corrected chi connectivity index (χ1v) is 10.9. The Morgan fingerprint density at radius 1 is 1.09 bits per heavy atom. The summed E-state index contributed by atoms with van der Waals surface area (Å²) in [5.74, 6) is 0.511. The van der Waals surface area contributed by atoms with Crippen LogP contribution in [-0.2, 0) is 4.79 Å². The molecule has 0 fully saturated rings. The highest BCUT2D eigenvalue weighted by atomic mass is 16.1. The molecule has 2 aromatic carbocycles. The van der Waals surface area contributed by atoms with Crippen LogP contribution in [-0.4, -0.2) is 21.5 Å². The highest BCUT2D eigenvalue weighted by molar-refractivity contribution is 6.08. The lowest BCUT2D eigenvalue weighted by molar-refractivity contribution is -0.118. The number of carbonyl (C=O) groups excluding carboxylic acids is 2. The van der Waals surface area contributed by atoms with Gasteiger partial charge in [-0.25, -0.2) is 4.68 Å². The van der Waals surface area contributed by atoms with Gasteiger partial charge in [-0.3, -0.25) is 9.59 Å². The predicted octanol–water partition coefficient (Wildman–Crippen LogP) is 5.10. The lowest BCUT2D eigenvalue weighted by Gasteiger charge is -2.39. The zero-order valence-corrected chi connectivity index (χ0v) is 18.5. The number of anilines is 2. The van der Waals surface area contributed by atoms with Gasteiger partial charge in [0.15, 0.2) is 5.78 Å². The van der Waals surface area contributed by atoms with Gasteiger partial charge < -0.3 is 10.6 Å². The topological polar surface area (TPSA) is 76.0 Å². The van der Waals surface area contributed by atoms with Crippen LogP contribution in [0, 0.1) is 12.3 Å². The molecule has 1 amide bonds. The second-order valence-corrected chi connectivity index (χ2v) is 9.44. The van der Waals surface area contributed by atoms with Gasteiger partial charge in [0.25, 0.3) is 5.91 Å². The first kappa shape index (κ1) is 20.2. The Morgan fingerprint density at radius 3 is 2.53 bits per heavy atom. The normalized spacial score (nSPS) is 19.1. The third kappa shape index (κ3) is 3.51. The summed E-state index contributed by atoms with van der Waals surface area (Å²) in [6, 6.07) is 17.2. The second kappa shape index (κ2) is 7.48. The van der Waals surface area contributed by atoms with Crippen LogP contribution >= 0.6 is 0 Å². The largest absolute Gasteiger partial charge is 0.343 e. The fourth-order valence-electron chi connectivity index (χ4n) is 4.66. The molecule has 0 saturated carbocycles.